The third-order valence-corrected chi connectivity index (χ3v) is 3.98. The van der Waals surface area contributed by atoms with Crippen LogP contribution in [0.5, 0.6) is 5.75 Å². The van der Waals surface area contributed by atoms with E-state index in [1.165, 1.54) is 12.3 Å². The number of benzene rings is 2. The van der Waals surface area contributed by atoms with Crippen LogP contribution in [0.3, 0.4) is 0 Å². The van der Waals surface area contributed by atoms with Gasteiger partial charge in [0.2, 0.25) is 0 Å². The van der Waals surface area contributed by atoms with E-state index in [9.17, 15) is 4.79 Å². The third-order valence-electron chi connectivity index (χ3n) is 2.74. The molecule has 0 saturated carbocycles. The van der Waals surface area contributed by atoms with E-state index in [2.05, 4.69) is 26.5 Å². The summed E-state index contributed by atoms with van der Waals surface area (Å²) in [4.78, 5) is 12.0. The molecule has 0 fully saturated rings. The van der Waals surface area contributed by atoms with Crippen LogP contribution in [0.4, 0.5) is 0 Å². The Kier molecular flexibility index (Phi) is 5.83. The molecule has 0 atom stereocenters. The van der Waals surface area contributed by atoms with Crippen molar-refractivity contribution in [2.24, 2.45) is 5.10 Å². The number of nitrogens with one attached hydrogen (secondary N) is 1. The standard InChI is InChI=1S/C15H11BrCl2N2O2/c1-22-14-5-3-11(16)6-10(14)8-19-20-15(21)9-2-4-12(17)13(18)7-9/h2-8H,1H3,(H,20,21). The molecule has 4 nitrogen and oxygen atoms in total. The Morgan fingerprint density at radius 2 is 2.00 bits per heavy atom. The van der Waals surface area contributed by atoms with Gasteiger partial charge in [0.25, 0.3) is 5.91 Å². The Morgan fingerprint density at radius 1 is 1.23 bits per heavy atom. The average molecular weight is 402 g/mol. The van der Waals surface area contributed by atoms with Crippen LogP contribution in [-0.2, 0) is 0 Å². The van der Waals surface area contributed by atoms with Gasteiger partial charge in [0.1, 0.15) is 5.75 Å². The molecule has 0 bridgehead atoms. The molecule has 2 aromatic carbocycles. The summed E-state index contributed by atoms with van der Waals surface area (Å²) in [7, 11) is 1.56. The molecule has 114 valence electrons. The van der Waals surface area contributed by atoms with Gasteiger partial charge in [-0.05, 0) is 36.4 Å². The van der Waals surface area contributed by atoms with E-state index in [0.29, 0.717) is 21.4 Å². The highest BCUT2D eigenvalue weighted by Gasteiger charge is 2.07. The van der Waals surface area contributed by atoms with Crippen LogP contribution in [0.2, 0.25) is 10.0 Å². The monoisotopic (exact) mass is 400 g/mol. The summed E-state index contributed by atoms with van der Waals surface area (Å²) in [6.45, 7) is 0. The zero-order valence-corrected chi connectivity index (χ0v) is 14.5. The number of hydrazone groups is 1. The number of carbonyl (C=O) groups is 1. The van der Waals surface area contributed by atoms with E-state index in [0.717, 1.165) is 10.0 Å². The van der Waals surface area contributed by atoms with Crippen LogP contribution in [0.15, 0.2) is 46.0 Å². The molecule has 2 rings (SSSR count). The zero-order valence-electron chi connectivity index (χ0n) is 11.4. The van der Waals surface area contributed by atoms with Gasteiger partial charge in [-0.15, -0.1) is 0 Å². The van der Waals surface area contributed by atoms with Gasteiger partial charge in [-0.3, -0.25) is 4.79 Å². The van der Waals surface area contributed by atoms with Crippen LogP contribution in [-0.4, -0.2) is 19.2 Å². The number of amides is 1. The molecule has 0 spiro atoms. The van der Waals surface area contributed by atoms with E-state index in [-0.39, 0.29) is 5.91 Å². The van der Waals surface area contributed by atoms with Crippen molar-refractivity contribution in [2.45, 2.75) is 0 Å². The van der Waals surface area contributed by atoms with E-state index in [1.54, 1.807) is 25.3 Å². The molecular formula is C15H11BrCl2N2O2. The van der Waals surface area contributed by atoms with Gasteiger partial charge in [-0.25, -0.2) is 5.43 Å². The Morgan fingerprint density at radius 3 is 2.68 bits per heavy atom. The minimum Gasteiger partial charge on any atom is -0.496 e. The second kappa shape index (κ2) is 7.63. The van der Waals surface area contributed by atoms with Crippen LogP contribution in [0.1, 0.15) is 15.9 Å². The molecule has 0 aliphatic heterocycles. The summed E-state index contributed by atoms with van der Waals surface area (Å²) in [6.07, 6.45) is 1.50. The maximum Gasteiger partial charge on any atom is 0.271 e. The van der Waals surface area contributed by atoms with Crippen LogP contribution < -0.4 is 10.2 Å². The van der Waals surface area contributed by atoms with Gasteiger partial charge < -0.3 is 4.74 Å². The van der Waals surface area contributed by atoms with Gasteiger partial charge in [0.15, 0.2) is 0 Å². The summed E-state index contributed by atoms with van der Waals surface area (Å²) < 4.78 is 6.09. The van der Waals surface area contributed by atoms with Crippen LogP contribution >= 0.6 is 39.1 Å². The highest BCUT2D eigenvalue weighted by Crippen LogP contribution is 2.23. The van der Waals surface area contributed by atoms with Crippen molar-refractivity contribution < 1.29 is 9.53 Å². The number of methoxy groups -OCH3 is 1. The fraction of sp³-hybridized carbons (Fsp3) is 0.0667. The quantitative estimate of drug-likeness (QED) is 0.604. The van der Waals surface area contributed by atoms with Crippen LogP contribution in [0, 0.1) is 0 Å². The van der Waals surface area contributed by atoms with E-state index in [1.807, 2.05) is 12.1 Å². The number of rotatable bonds is 4. The molecule has 0 aliphatic rings. The molecule has 0 aliphatic carbocycles. The lowest BCUT2D eigenvalue weighted by Crippen LogP contribution is -2.17. The van der Waals surface area contributed by atoms with Gasteiger partial charge in [0.05, 0.1) is 23.4 Å². The second-order valence-corrected chi connectivity index (χ2v) is 5.94. The van der Waals surface area contributed by atoms with Crippen molar-refractivity contribution in [3.05, 3.63) is 62.0 Å². The average Bonchev–Trinajstić information content (AvgIpc) is 2.50. The lowest BCUT2D eigenvalue weighted by molar-refractivity contribution is 0.0955. The number of carbonyl (C=O) groups excluding carboxylic acids is 1. The minimum atomic E-state index is -0.385. The predicted molar refractivity (Wildman–Crippen MR) is 92.2 cm³/mol. The molecule has 0 unspecified atom stereocenters. The molecule has 2 aromatic rings. The molecule has 0 radical (unpaired) electrons. The van der Waals surface area contributed by atoms with E-state index < -0.39 is 0 Å². The number of ether oxygens (including phenoxy) is 1. The second-order valence-electron chi connectivity index (χ2n) is 4.21. The number of halogens is 3. The summed E-state index contributed by atoms with van der Waals surface area (Å²) in [5.41, 5.74) is 3.52. The summed E-state index contributed by atoms with van der Waals surface area (Å²) in [5, 5.41) is 4.62. The fourth-order valence-corrected chi connectivity index (χ4v) is 2.35. The largest absolute Gasteiger partial charge is 0.496 e. The topological polar surface area (TPSA) is 50.7 Å². The first-order chi connectivity index (χ1) is 10.5. The van der Waals surface area contributed by atoms with Gasteiger partial charge in [-0.2, -0.15) is 5.10 Å². The predicted octanol–water partition coefficient (Wildman–Crippen LogP) is 4.53. The van der Waals surface area contributed by atoms with Crippen molar-refractivity contribution in [2.75, 3.05) is 7.11 Å². The normalized spacial score (nSPS) is 10.7. The molecule has 0 saturated heterocycles. The molecule has 0 heterocycles. The number of hydrogen-bond acceptors (Lipinski definition) is 3. The first-order valence-electron chi connectivity index (χ1n) is 6.13. The van der Waals surface area contributed by atoms with Crippen molar-refractivity contribution in [1.82, 2.24) is 5.43 Å². The van der Waals surface area contributed by atoms with Crippen molar-refractivity contribution in [3.63, 3.8) is 0 Å². The van der Waals surface area contributed by atoms with Gasteiger partial charge in [-0.1, -0.05) is 39.1 Å². The van der Waals surface area contributed by atoms with Crippen LogP contribution in [0.25, 0.3) is 0 Å². The lowest BCUT2D eigenvalue weighted by Gasteiger charge is -2.05. The summed E-state index contributed by atoms with van der Waals surface area (Å²) in [6, 6.07) is 10.1. The number of hydrogen-bond donors (Lipinski definition) is 1. The fourth-order valence-electron chi connectivity index (χ4n) is 1.67. The first kappa shape index (κ1) is 16.8. The summed E-state index contributed by atoms with van der Waals surface area (Å²) >= 11 is 15.0. The number of nitrogens with zero attached hydrogens (tertiary/aromatic N) is 1. The maximum atomic E-state index is 12.0. The molecule has 1 amide bonds. The smallest absolute Gasteiger partial charge is 0.271 e. The third kappa shape index (κ3) is 4.22. The minimum absolute atomic E-state index is 0.312. The zero-order chi connectivity index (χ0) is 16.1. The SMILES string of the molecule is COc1ccc(Br)cc1C=NNC(=O)c1ccc(Cl)c(Cl)c1. The van der Waals surface area contributed by atoms with Gasteiger partial charge in [0, 0.05) is 15.6 Å². The summed E-state index contributed by atoms with van der Waals surface area (Å²) in [5.74, 6) is 0.263. The highest BCUT2D eigenvalue weighted by molar-refractivity contribution is 9.10. The van der Waals surface area contributed by atoms with Crippen molar-refractivity contribution >= 4 is 51.3 Å². The first-order valence-corrected chi connectivity index (χ1v) is 7.68. The Hall–Kier alpha value is -1.56. The lowest BCUT2D eigenvalue weighted by atomic mass is 10.2. The molecular weight excluding hydrogens is 391 g/mol. The Labute approximate surface area is 146 Å². The molecule has 7 heteroatoms. The molecule has 22 heavy (non-hydrogen) atoms. The Balaban J connectivity index is 2.10. The van der Waals surface area contributed by atoms with E-state index >= 15 is 0 Å². The van der Waals surface area contributed by atoms with Gasteiger partial charge >= 0.3 is 0 Å². The molecule has 0 aromatic heterocycles. The van der Waals surface area contributed by atoms with Crippen molar-refractivity contribution in [3.8, 4) is 5.75 Å². The maximum absolute atomic E-state index is 12.0. The van der Waals surface area contributed by atoms with Crippen molar-refractivity contribution in [1.29, 1.82) is 0 Å². The van der Waals surface area contributed by atoms with E-state index in [4.69, 9.17) is 27.9 Å². The Bertz CT molecular complexity index is 735. The molecule has 1 N–H and O–H groups in total. The highest BCUT2D eigenvalue weighted by atomic mass is 79.9.